The highest BCUT2D eigenvalue weighted by Crippen LogP contribution is 2.47. The molecule has 0 amide bonds. The molecule has 4 aromatic rings. The second-order valence-corrected chi connectivity index (χ2v) is 12.6. The lowest BCUT2D eigenvalue weighted by Gasteiger charge is -2.35. The van der Waals surface area contributed by atoms with Crippen LogP contribution in [0.25, 0.3) is 10.9 Å². The topological polar surface area (TPSA) is 116 Å². The predicted molar refractivity (Wildman–Crippen MR) is 172 cm³/mol. The van der Waals surface area contributed by atoms with Crippen molar-refractivity contribution in [2.24, 2.45) is 0 Å². The zero-order chi connectivity index (χ0) is 32.7. The lowest BCUT2D eigenvalue weighted by molar-refractivity contribution is -0.136. The van der Waals surface area contributed by atoms with Crippen molar-refractivity contribution < 1.29 is 33.0 Å². The maximum absolute atomic E-state index is 15.9. The summed E-state index contributed by atoms with van der Waals surface area (Å²) < 4.78 is 34.2. The Hall–Kier alpha value is -4.55. The molecule has 3 heterocycles. The van der Waals surface area contributed by atoms with E-state index >= 15 is 4.39 Å². The molecule has 2 unspecified atom stereocenters. The summed E-state index contributed by atoms with van der Waals surface area (Å²) in [6, 6.07) is 11.2. The minimum atomic E-state index is -1.01. The average Bonchev–Trinajstić information content (AvgIpc) is 3.75. The minimum Gasteiger partial charge on any atom is -0.492 e. The molecule has 0 spiro atoms. The summed E-state index contributed by atoms with van der Waals surface area (Å²) in [5, 5.41) is 5.09. The third kappa shape index (κ3) is 5.67. The van der Waals surface area contributed by atoms with Crippen LogP contribution in [-0.4, -0.2) is 62.2 Å². The van der Waals surface area contributed by atoms with Crippen molar-refractivity contribution in [3.8, 4) is 11.6 Å². The minimum absolute atomic E-state index is 0.0765. The summed E-state index contributed by atoms with van der Waals surface area (Å²) >= 11 is 1.35. The van der Waals surface area contributed by atoms with Crippen LogP contribution >= 0.6 is 11.3 Å². The van der Waals surface area contributed by atoms with Gasteiger partial charge in [-0.1, -0.05) is 30.3 Å². The van der Waals surface area contributed by atoms with Crippen molar-refractivity contribution in [2.75, 3.05) is 38.8 Å². The highest BCUT2D eigenvalue weighted by molar-refractivity contribution is 7.12. The second-order valence-electron chi connectivity index (χ2n) is 11.6. The van der Waals surface area contributed by atoms with Crippen molar-refractivity contribution in [1.82, 2.24) is 9.88 Å². The highest BCUT2D eigenvalue weighted by Gasteiger charge is 2.38. The molecule has 1 aliphatic heterocycles. The van der Waals surface area contributed by atoms with Gasteiger partial charge in [-0.05, 0) is 49.8 Å². The van der Waals surface area contributed by atoms with Gasteiger partial charge in [-0.15, -0.1) is 11.3 Å². The lowest BCUT2D eigenvalue weighted by atomic mass is 9.98. The number of carbonyl (C=O) groups excluding carboxylic acids is 3. The number of piperazine rings is 1. The van der Waals surface area contributed by atoms with Gasteiger partial charge < -0.3 is 29.0 Å². The Labute approximate surface area is 268 Å². The molecule has 240 valence electrons. The molecule has 1 saturated carbocycles. The number of benzene rings is 2. The number of rotatable bonds is 9. The fraction of sp³-hybridized carbons (Fsp3) is 0.353. The van der Waals surface area contributed by atoms with E-state index in [1.807, 2.05) is 17.2 Å². The molecule has 12 heteroatoms. The lowest BCUT2D eigenvalue weighted by Crippen LogP contribution is -2.49. The largest absolute Gasteiger partial charge is 0.492 e. The van der Waals surface area contributed by atoms with Crippen molar-refractivity contribution in [3.05, 3.63) is 85.5 Å². The summed E-state index contributed by atoms with van der Waals surface area (Å²) in [5.41, 5.74) is 0.171. The maximum atomic E-state index is 15.9. The Balaban J connectivity index is 1.45. The number of pyridine rings is 1. The first-order valence-corrected chi connectivity index (χ1v) is 16.0. The summed E-state index contributed by atoms with van der Waals surface area (Å²) in [7, 11) is 2.52. The summed E-state index contributed by atoms with van der Waals surface area (Å²) in [5.74, 6) is -3.49. The first-order valence-electron chi connectivity index (χ1n) is 15.1. The van der Waals surface area contributed by atoms with Crippen LogP contribution in [0, 0.1) is 5.82 Å². The van der Waals surface area contributed by atoms with E-state index in [2.05, 4.69) is 5.32 Å². The molecule has 2 aromatic heterocycles. The number of fused-ring (bicyclic) bond motifs is 1. The number of nitrogens with zero attached hydrogens (tertiary/aromatic N) is 2. The number of esters is 2. The Bertz CT molecular complexity index is 1880. The molecule has 2 atom stereocenters. The van der Waals surface area contributed by atoms with Gasteiger partial charge in [0.25, 0.3) is 0 Å². The van der Waals surface area contributed by atoms with E-state index in [1.165, 1.54) is 18.4 Å². The first kappa shape index (κ1) is 31.4. The molecule has 6 rings (SSSR count). The van der Waals surface area contributed by atoms with Crippen molar-refractivity contribution in [3.63, 3.8) is 0 Å². The van der Waals surface area contributed by atoms with Crippen molar-refractivity contribution >= 4 is 45.6 Å². The number of nitrogens with one attached hydrogen (secondary N) is 1. The van der Waals surface area contributed by atoms with Crippen LogP contribution in [0.4, 0.5) is 10.1 Å². The standard InChI is InChI=1S/C34H34FN3O7S/c1-18-17-37(14-13-36-18)28-24(35)16-23-27(31(28)43-3)38(22-11-12-22)32(26(30(23)40)34(42)44-4)45-33(41)19(2)20-7-9-21(10-8-20)29(39)25-6-5-15-46-25/h5-10,15-16,18-19,22,36H,11-14,17H2,1-4H3. The van der Waals surface area contributed by atoms with Gasteiger partial charge in [-0.25, -0.2) is 9.18 Å². The van der Waals surface area contributed by atoms with Gasteiger partial charge in [0, 0.05) is 37.3 Å². The van der Waals surface area contributed by atoms with Crippen molar-refractivity contribution in [1.29, 1.82) is 0 Å². The predicted octanol–water partition coefficient (Wildman–Crippen LogP) is 5.07. The van der Waals surface area contributed by atoms with Crippen LogP contribution < -0.4 is 25.1 Å². The number of aromatic nitrogens is 1. The van der Waals surface area contributed by atoms with E-state index in [0.717, 1.165) is 13.2 Å². The summed E-state index contributed by atoms with van der Waals surface area (Å²) in [6.07, 6.45) is 1.36. The molecule has 46 heavy (non-hydrogen) atoms. The Kier molecular flexibility index (Phi) is 8.67. The van der Waals surface area contributed by atoms with Gasteiger partial charge in [0.15, 0.2) is 17.1 Å². The van der Waals surface area contributed by atoms with Crippen LogP contribution in [0.2, 0.25) is 0 Å². The van der Waals surface area contributed by atoms with Gasteiger partial charge in [0.1, 0.15) is 11.2 Å². The Morgan fingerprint density at radius 1 is 1.11 bits per heavy atom. The normalized spacial score (nSPS) is 17.1. The average molecular weight is 648 g/mol. The summed E-state index contributed by atoms with van der Waals surface area (Å²) in [6.45, 7) is 5.27. The molecular formula is C34H34FN3O7S. The number of hydrogen-bond acceptors (Lipinski definition) is 10. The quantitative estimate of drug-likeness (QED) is 0.196. The molecule has 0 bridgehead atoms. The van der Waals surface area contributed by atoms with Gasteiger partial charge in [0.2, 0.25) is 17.1 Å². The molecule has 1 aliphatic carbocycles. The van der Waals surface area contributed by atoms with Crippen LogP contribution in [0.1, 0.15) is 69.8 Å². The number of hydrogen-bond donors (Lipinski definition) is 1. The Morgan fingerprint density at radius 2 is 1.85 bits per heavy atom. The van der Waals surface area contributed by atoms with E-state index in [0.29, 0.717) is 48.5 Å². The molecule has 1 N–H and O–H groups in total. The molecule has 0 radical (unpaired) electrons. The Morgan fingerprint density at radius 3 is 2.46 bits per heavy atom. The second kappa shape index (κ2) is 12.7. The van der Waals surface area contributed by atoms with E-state index in [1.54, 1.807) is 47.9 Å². The third-order valence-electron chi connectivity index (χ3n) is 8.49. The fourth-order valence-corrected chi connectivity index (χ4v) is 6.64. The van der Waals surface area contributed by atoms with Gasteiger partial charge >= 0.3 is 11.9 Å². The molecule has 10 nitrogen and oxygen atoms in total. The first-order chi connectivity index (χ1) is 22.1. The number of methoxy groups -OCH3 is 2. The number of thiophene rings is 1. The summed E-state index contributed by atoms with van der Waals surface area (Å²) in [4.78, 5) is 56.0. The number of halogens is 1. The molecule has 2 aromatic carbocycles. The number of anilines is 1. The molecule has 2 fully saturated rings. The zero-order valence-corrected chi connectivity index (χ0v) is 26.7. The highest BCUT2D eigenvalue weighted by atomic mass is 32.1. The number of carbonyl (C=O) groups is 3. The van der Waals surface area contributed by atoms with Crippen LogP contribution in [0.5, 0.6) is 11.6 Å². The van der Waals surface area contributed by atoms with Gasteiger partial charge in [-0.2, -0.15) is 0 Å². The fourth-order valence-electron chi connectivity index (χ4n) is 5.95. The molecule has 2 aliphatic rings. The number of ketones is 1. The van der Waals surface area contributed by atoms with E-state index in [9.17, 15) is 19.2 Å². The van der Waals surface area contributed by atoms with Gasteiger partial charge in [0.05, 0.1) is 30.4 Å². The zero-order valence-electron chi connectivity index (χ0n) is 25.9. The van der Waals surface area contributed by atoms with Crippen LogP contribution in [0.3, 0.4) is 0 Å². The monoisotopic (exact) mass is 647 g/mol. The maximum Gasteiger partial charge on any atom is 0.347 e. The number of ether oxygens (including phenoxy) is 3. The van der Waals surface area contributed by atoms with Crippen LogP contribution in [-0.2, 0) is 9.53 Å². The van der Waals surface area contributed by atoms with E-state index in [-0.39, 0.29) is 46.1 Å². The third-order valence-corrected chi connectivity index (χ3v) is 9.36. The van der Waals surface area contributed by atoms with Crippen molar-refractivity contribution in [2.45, 2.75) is 44.7 Å². The molecule has 1 saturated heterocycles. The molecular weight excluding hydrogens is 613 g/mol. The van der Waals surface area contributed by atoms with E-state index < -0.39 is 34.7 Å². The van der Waals surface area contributed by atoms with Crippen LogP contribution in [0.15, 0.2) is 52.6 Å². The smallest absolute Gasteiger partial charge is 0.347 e. The SMILES string of the molecule is COC(=O)c1c(OC(=O)C(C)c2ccc(C(=O)c3cccs3)cc2)n(C2CC2)c2c(OC)c(N3CCNC(C)C3)c(F)cc2c1=O. The van der Waals surface area contributed by atoms with E-state index in [4.69, 9.17) is 14.2 Å². The van der Waals surface area contributed by atoms with Gasteiger partial charge in [-0.3, -0.25) is 14.4 Å².